The van der Waals surface area contributed by atoms with Gasteiger partial charge >= 0.3 is 5.97 Å². The first kappa shape index (κ1) is 14.3. The average molecular weight is 262 g/mol. The summed E-state index contributed by atoms with van der Waals surface area (Å²) in [5, 5.41) is 11.1. The first-order valence-electron chi connectivity index (χ1n) is 5.44. The average Bonchev–Trinajstić information content (AvgIpc) is 2.28. The van der Waals surface area contributed by atoms with E-state index in [9.17, 15) is 9.59 Å². The molecule has 1 heterocycles. The van der Waals surface area contributed by atoms with E-state index in [4.69, 9.17) is 9.84 Å². The van der Waals surface area contributed by atoms with Gasteiger partial charge in [-0.25, -0.2) is 4.79 Å². The largest absolute Gasteiger partial charge is 0.480 e. The van der Waals surface area contributed by atoms with Gasteiger partial charge in [-0.15, -0.1) is 0 Å². The van der Waals surface area contributed by atoms with E-state index in [-0.39, 0.29) is 6.10 Å². The molecule has 1 fully saturated rings. The minimum atomic E-state index is -1.01. The molecule has 0 aromatic heterocycles. The molecule has 1 amide bonds. The van der Waals surface area contributed by atoms with Crippen LogP contribution in [0.3, 0.4) is 0 Å². The van der Waals surface area contributed by atoms with Gasteiger partial charge in [0.05, 0.1) is 12.7 Å². The Morgan fingerprint density at radius 3 is 3.12 bits per heavy atom. The number of hydrogen-bond acceptors (Lipinski definition) is 5. The molecule has 0 radical (unpaired) electrons. The van der Waals surface area contributed by atoms with Crippen LogP contribution in [0, 0.1) is 0 Å². The molecule has 0 aliphatic carbocycles. The van der Waals surface area contributed by atoms with Crippen LogP contribution < -0.4 is 5.32 Å². The Morgan fingerprint density at radius 2 is 2.53 bits per heavy atom. The number of carbonyl (C=O) groups excluding carboxylic acids is 1. The van der Waals surface area contributed by atoms with Crippen LogP contribution in [0.1, 0.15) is 0 Å². The molecule has 17 heavy (non-hydrogen) atoms. The second kappa shape index (κ2) is 7.52. The molecule has 0 aromatic rings. The van der Waals surface area contributed by atoms with Crippen molar-refractivity contribution in [1.29, 1.82) is 0 Å². The number of nitrogens with one attached hydrogen (secondary N) is 1. The van der Waals surface area contributed by atoms with Gasteiger partial charge in [0, 0.05) is 24.6 Å². The summed E-state index contributed by atoms with van der Waals surface area (Å²) in [4.78, 5) is 23.1. The zero-order chi connectivity index (χ0) is 12.7. The summed E-state index contributed by atoms with van der Waals surface area (Å²) in [5.41, 5.74) is 0. The van der Waals surface area contributed by atoms with Crippen LogP contribution in [0.25, 0.3) is 0 Å². The summed E-state index contributed by atoms with van der Waals surface area (Å²) >= 11 is 1.48. The summed E-state index contributed by atoms with van der Waals surface area (Å²) in [7, 11) is 2.04. The van der Waals surface area contributed by atoms with E-state index in [0.29, 0.717) is 12.2 Å². The van der Waals surface area contributed by atoms with Crippen LogP contribution in [-0.2, 0) is 14.3 Å². The van der Waals surface area contributed by atoms with Crippen LogP contribution in [0.5, 0.6) is 0 Å². The first-order chi connectivity index (χ1) is 8.13. The third-order valence-corrected chi connectivity index (χ3v) is 3.67. The number of amides is 1. The van der Waals surface area contributed by atoms with E-state index in [0.717, 1.165) is 25.4 Å². The Morgan fingerprint density at radius 1 is 1.76 bits per heavy atom. The predicted molar refractivity (Wildman–Crippen MR) is 65.2 cm³/mol. The predicted octanol–water partition coefficient (Wildman–Crippen LogP) is -0.751. The van der Waals surface area contributed by atoms with E-state index in [1.807, 2.05) is 7.05 Å². The van der Waals surface area contributed by atoms with E-state index in [2.05, 4.69) is 10.2 Å². The normalized spacial score (nSPS) is 23.0. The van der Waals surface area contributed by atoms with Gasteiger partial charge < -0.3 is 20.1 Å². The number of nitrogens with zero attached hydrogens (tertiary/aromatic N) is 1. The topological polar surface area (TPSA) is 78.9 Å². The maximum absolute atomic E-state index is 10.7. The zero-order valence-electron chi connectivity index (χ0n) is 9.80. The van der Waals surface area contributed by atoms with E-state index >= 15 is 0 Å². The fourth-order valence-electron chi connectivity index (χ4n) is 1.56. The van der Waals surface area contributed by atoms with Gasteiger partial charge in [0.1, 0.15) is 6.04 Å². The molecule has 0 saturated carbocycles. The highest BCUT2D eigenvalue weighted by atomic mass is 32.2. The van der Waals surface area contributed by atoms with Crippen molar-refractivity contribution in [2.24, 2.45) is 0 Å². The first-order valence-corrected chi connectivity index (χ1v) is 6.59. The highest BCUT2D eigenvalue weighted by Crippen LogP contribution is 2.11. The van der Waals surface area contributed by atoms with Crippen LogP contribution in [0.2, 0.25) is 0 Å². The van der Waals surface area contributed by atoms with Crippen molar-refractivity contribution < 1.29 is 19.4 Å². The molecular formula is C10H18N2O4S. The molecular weight excluding hydrogens is 244 g/mol. The number of ether oxygens (including phenoxy) is 1. The van der Waals surface area contributed by atoms with Crippen molar-refractivity contribution in [2.75, 3.05) is 38.2 Å². The van der Waals surface area contributed by atoms with Gasteiger partial charge in [-0.1, -0.05) is 0 Å². The number of rotatable bonds is 7. The molecule has 0 aromatic carbocycles. The fourth-order valence-corrected chi connectivity index (χ4v) is 2.63. The highest BCUT2D eigenvalue weighted by Gasteiger charge is 2.20. The number of thioether (sulfide) groups is 1. The molecule has 0 spiro atoms. The van der Waals surface area contributed by atoms with E-state index in [1.54, 1.807) is 0 Å². The lowest BCUT2D eigenvalue weighted by Gasteiger charge is -2.29. The second-order valence-electron chi connectivity index (χ2n) is 3.97. The summed E-state index contributed by atoms with van der Waals surface area (Å²) < 4.78 is 5.55. The number of carboxylic acid groups (broad SMARTS) is 1. The van der Waals surface area contributed by atoms with Crippen LogP contribution in [-0.4, -0.2) is 72.8 Å². The number of morpholine rings is 1. The molecule has 1 aliphatic rings. The fraction of sp³-hybridized carbons (Fsp3) is 0.800. The maximum atomic E-state index is 10.7. The molecule has 2 N–H and O–H groups in total. The Kier molecular flexibility index (Phi) is 6.31. The molecule has 98 valence electrons. The minimum absolute atomic E-state index is 0.143. The molecule has 1 rings (SSSR count). The number of carboxylic acids is 1. The van der Waals surface area contributed by atoms with Crippen LogP contribution >= 0.6 is 11.8 Å². The van der Waals surface area contributed by atoms with Crippen molar-refractivity contribution in [1.82, 2.24) is 10.2 Å². The third kappa shape index (κ3) is 5.38. The van der Waals surface area contributed by atoms with Gasteiger partial charge in [-0.3, -0.25) is 4.79 Å². The summed E-state index contributed by atoms with van der Waals surface area (Å²) in [6.07, 6.45) is 0.564. The van der Waals surface area contributed by atoms with Crippen molar-refractivity contribution in [2.45, 2.75) is 12.1 Å². The zero-order valence-corrected chi connectivity index (χ0v) is 10.6. The van der Waals surface area contributed by atoms with Crippen molar-refractivity contribution in [3.63, 3.8) is 0 Å². The molecule has 2 atom stereocenters. The van der Waals surface area contributed by atoms with E-state index in [1.165, 1.54) is 11.8 Å². The number of likely N-dealkylation sites (N-methyl/N-ethyl adjacent to an activating group) is 1. The summed E-state index contributed by atoms with van der Waals surface area (Å²) in [5.74, 6) is 0.0954. The Labute approximate surface area is 105 Å². The molecule has 1 saturated heterocycles. The lowest BCUT2D eigenvalue weighted by atomic mass is 10.3. The van der Waals surface area contributed by atoms with Crippen LogP contribution in [0.15, 0.2) is 0 Å². The number of hydrogen-bond donors (Lipinski definition) is 2. The SMILES string of the molecule is CN1CCOC(CSCC(NC=O)C(=O)O)C1. The van der Waals surface area contributed by atoms with Gasteiger partial charge in [-0.05, 0) is 7.05 Å². The number of aliphatic carboxylic acids is 1. The summed E-state index contributed by atoms with van der Waals surface area (Å²) in [6.45, 7) is 2.52. The molecule has 1 aliphatic heterocycles. The van der Waals surface area contributed by atoms with Crippen molar-refractivity contribution in [3.8, 4) is 0 Å². The second-order valence-corrected chi connectivity index (χ2v) is 5.04. The quantitative estimate of drug-likeness (QED) is 0.588. The van der Waals surface area contributed by atoms with Gasteiger partial charge in [0.15, 0.2) is 0 Å². The van der Waals surface area contributed by atoms with Crippen molar-refractivity contribution in [3.05, 3.63) is 0 Å². The van der Waals surface area contributed by atoms with Gasteiger partial charge in [-0.2, -0.15) is 11.8 Å². The molecule has 6 nitrogen and oxygen atoms in total. The van der Waals surface area contributed by atoms with Crippen molar-refractivity contribution >= 4 is 24.1 Å². The standard InChI is InChI=1S/C10H18N2O4S/c1-12-2-3-16-8(4-12)5-17-6-9(10(14)15)11-7-13/h7-9H,2-6H2,1H3,(H,11,13)(H,14,15). The number of carbonyl (C=O) groups is 2. The Balaban J connectivity index is 2.21. The molecule has 7 heteroatoms. The van der Waals surface area contributed by atoms with Crippen LogP contribution in [0.4, 0.5) is 0 Å². The lowest BCUT2D eigenvalue weighted by Crippen LogP contribution is -2.42. The van der Waals surface area contributed by atoms with Gasteiger partial charge in [0.2, 0.25) is 6.41 Å². The maximum Gasteiger partial charge on any atom is 0.327 e. The van der Waals surface area contributed by atoms with E-state index < -0.39 is 12.0 Å². The minimum Gasteiger partial charge on any atom is -0.480 e. The van der Waals surface area contributed by atoms with Gasteiger partial charge in [0.25, 0.3) is 0 Å². The third-order valence-electron chi connectivity index (χ3n) is 2.50. The Bertz CT molecular complexity index is 265. The lowest BCUT2D eigenvalue weighted by molar-refractivity contribution is -0.139. The molecule has 2 unspecified atom stereocenters. The smallest absolute Gasteiger partial charge is 0.327 e. The monoisotopic (exact) mass is 262 g/mol. The molecule has 0 bridgehead atoms. The highest BCUT2D eigenvalue weighted by molar-refractivity contribution is 7.99. The Hall–Kier alpha value is -0.790. The summed E-state index contributed by atoms with van der Waals surface area (Å²) in [6, 6.07) is -0.821.